The van der Waals surface area contributed by atoms with Crippen molar-refractivity contribution in [3.63, 3.8) is 0 Å². The first-order valence-corrected chi connectivity index (χ1v) is 7.27. The fraction of sp³-hybridized carbons (Fsp3) is 0.500. The monoisotopic (exact) mass is 269 g/mol. The summed E-state index contributed by atoms with van der Waals surface area (Å²) in [7, 11) is 1.75. The molecule has 100 valence electrons. The van der Waals surface area contributed by atoms with E-state index in [0.717, 1.165) is 36.5 Å². The number of nitro benzene ring substituents is 1. The van der Waals surface area contributed by atoms with E-state index in [1.807, 2.05) is 17.8 Å². The second kappa shape index (κ2) is 7.81. The second-order valence-corrected chi connectivity index (χ2v) is 4.89. The zero-order valence-corrected chi connectivity index (χ0v) is 11.5. The number of nitrogens with zero attached hydrogens (tertiary/aromatic N) is 1. The van der Waals surface area contributed by atoms with E-state index in [4.69, 9.17) is 0 Å². The third kappa shape index (κ3) is 4.83. The standard InChI is InChI=1S/C12H19N3O2S/c1-13-10-7-11(9-12(8-10)15(16)17)14-5-3-4-6-18-2/h7-9,13-14H,3-6H2,1-2H3. The van der Waals surface area contributed by atoms with Gasteiger partial charge in [-0.3, -0.25) is 10.1 Å². The van der Waals surface area contributed by atoms with Gasteiger partial charge in [0, 0.05) is 37.1 Å². The second-order valence-electron chi connectivity index (χ2n) is 3.90. The van der Waals surface area contributed by atoms with Crippen molar-refractivity contribution < 1.29 is 4.92 Å². The molecule has 0 aliphatic rings. The van der Waals surface area contributed by atoms with Crippen LogP contribution in [-0.4, -0.2) is 30.5 Å². The molecule has 0 saturated carbocycles. The van der Waals surface area contributed by atoms with E-state index in [2.05, 4.69) is 16.9 Å². The SMILES string of the molecule is CNc1cc(NCCCCSC)cc([N+](=O)[O-])c1. The first kappa shape index (κ1) is 14.6. The number of hydrogen-bond acceptors (Lipinski definition) is 5. The Kier molecular flexibility index (Phi) is 6.35. The van der Waals surface area contributed by atoms with Gasteiger partial charge in [-0.05, 0) is 30.9 Å². The topological polar surface area (TPSA) is 67.2 Å². The van der Waals surface area contributed by atoms with Crippen molar-refractivity contribution in [3.8, 4) is 0 Å². The van der Waals surface area contributed by atoms with E-state index in [0.29, 0.717) is 0 Å². The van der Waals surface area contributed by atoms with Crippen molar-refractivity contribution in [2.24, 2.45) is 0 Å². The maximum atomic E-state index is 10.8. The Morgan fingerprint density at radius 2 is 2.00 bits per heavy atom. The van der Waals surface area contributed by atoms with E-state index in [1.165, 1.54) is 6.07 Å². The van der Waals surface area contributed by atoms with Gasteiger partial charge < -0.3 is 10.6 Å². The molecule has 5 nitrogen and oxygen atoms in total. The van der Waals surface area contributed by atoms with Crippen LogP contribution in [0.3, 0.4) is 0 Å². The molecule has 0 bridgehead atoms. The number of benzene rings is 1. The average Bonchev–Trinajstić information content (AvgIpc) is 2.38. The van der Waals surface area contributed by atoms with Crippen LogP contribution < -0.4 is 10.6 Å². The maximum Gasteiger partial charge on any atom is 0.273 e. The molecule has 0 fully saturated rings. The van der Waals surface area contributed by atoms with Crippen molar-refractivity contribution in [1.29, 1.82) is 0 Å². The van der Waals surface area contributed by atoms with Crippen LogP contribution in [0.1, 0.15) is 12.8 Å². The van der Waals surface area contributed by atoms with Gasteiger partial charge in [0.05, 0.1) is 4.92 Å². The highest BCUT2D eigenvalue weighted by molar-refractivity contribution is 7.98. The van der Waals surface area contributed by atoms with Gasteiger partial charge in [0.25, 0.3) is 5.69 Å². The number of non-ortho nitro benzene ring substituents is 1. The Morgan fingerprint density at radius 1 is 1.28 bits per heavy atom. The molecule has 0 atom stereocenters. The predicted molar refractivity (Wildman–Crippen MR) is 78.7 cm³/mol. The zero-order chi connectivity index (χ0) is 13.4. The van der Waals surface area contributed by atoms with Crippen LogP contribution in [-0.2, 0) is 0 Å². The quantitative estimate of drug-likeness (QED) is 0.431. The number of nitrogens with one attached hydrogen (secondary N) is 2. The number of hydrogen-bond donors (Lipinski definition) is 2. The van der Waals surface area contributed by atoms with Crippen molar-refractivity contribution in [2.45, 2.75) is 12.8 Å². The fourth-order valence-electron chi connectivity index (χ4n) is 1.57. The summed E-state index contributed by atoms with van der Waals surface area (Å²) in [5.74, 6) is 1.15. The van der Waals surface area contributed by atoms with Crippen LogP contribution in [0.15, 0.2) is 18.2 Å². The van der Waals surface area contributed by atoms with Crippen LogP contribution in [0.25, 0.3) is 0 Å². The van der Waals surface area contributed by atoms with Gasteiger partial charge in [-0.25, -0.2) is 0 Å². The largest absolute Gasteiger partial charge is 0.388 e. The molecule has 1 aromatic rings. The molecule has 0 aromatic heterocycles. The number of nitro groups is 1. The van der Waals surface area contributed by atoms with Gasteiger partial charge >= 0.3 is 0 Å². The van der Waals surface area contributed by atoms with Crippen molar-refractivity contribution in [3.05, 3.63) is 28.3 Å². The van der Waals surface area contributed by atoms with E-state index < -0.39 is 0 Å². The normalized spacial score (nSPS) is 10.1. The van der Waals surface area contributed by atoms with Crippen LogP contribution in [0.4, 0.5) is 17.1 Å². The molecule has 2 N–H and O–H groups in total. The summed E-state index contributed by atoms with van der Waals surface area (Å²) in [6.07, 6.45) is 4.31. The summed E-state index contributed by atoms with van der Waals surface area (Å²) in [5, 5.41) is 16.9. The maximum absolute atomic E-state index is 10.8. The minimum absolute atomic E-state index is 0.105. The van der Waals surface area contributed by atoms with E-state index in [9.17, 15) is 10.1 Å². The third-order valence-electron chi connectivity index (χ3n) is 2.52. The highest BCUT2D eigenvalue weighted by Crippen LogP contribution is 2.24. The number of thioether (sulfide) groups is 1. The Morgan fingerprint density at radius 3 is 2.61 bits per heavy atom. The lowest BCUT2D eigenvalue weighted by atomic mass is 10.2. The average molecular weight is 269 g/mol. The van der Waals surface area contributed by atoms with Crippen molar-refractivity contribution in [2.75, 3.05) is 36.2 Å². The highest BCUT2D eigenvalue weighted by Gasteiger charge is 2.08. The molecule has 0 saturated heterocycles. The number of unbranched alkanes of at least 4 members (excludes halogenated alkanes) is 1. The molecule has 1 aromatic carbocycles. The lowest BCUT2D eigenvalue weighted by Gasteiger charge is -2.08. The number of anilines is 2. The Labute approximate surface area is 111 Å². The molecule has 0 spiro atoms. The molecule has 18 heavy (non-hydrogen) atoms. The van der Waals surface area contributed by atoms with Gasteiger partial charge in [0.2, 0.25) is 0 Å². The molecule has 0 radical (unpaired) electrons. The van der Waals surface area contributed by atoms with E-state index in [-0.39, 0.29) is 10.6 Å². The zero-order valence-electron chi connectivity index (χ0n) is 10.7. The van der Waals surface area contributed by atoms with Crippen LogP contribution in [0.5, 0.6) is 0 Å². The molecule has 0 amide bonds. The summed E-state index contributed by atoms with van der Waals surface area (Å²) in [6.45, 7) is 0.838. The van der Waals surface area contributed by atoms with Crippen LogP contribution in [0.2, 0.25) is 0 Å². The minimum atomic E-state index is -0.375. The lowest BCUT2D eigenvalue weighted by molar-refractivity contribution is -0.384. The fourth-order valence-corrected chi connectivity index (χ4v) is 2.06. The van der Waals surface area contributed by atoms with Crippen LogP contribution >= 0.6 is 11.8 Å². The lowest BCUT2D eigenvalue weighted by Crippen LogP contribution is -2.03. The van der Waals surface area contributed by atoms with E-state index >= 15 is 0 Å². The minimum Gasteiger partial charge on any atom is -0.388 e. The molecule has 1 rings (SSSR count). The molecule has 0 unspecified atom stereocenters. The summed E-state index contributed by atoms with van der Waals surface area (Å²) in [4.78, 5) is 10.4. The molecule has 6 heteroatoms. The van der Waals surface area contributed by atoms with Crippen molar-refractivity contribution >= 4 is 28.8 Å². The van der Waals surface area contributed by atoms with Gasteiger partial charge in [0.1, 0.15) is 0 Å². The first-order valence-electron chi connectivity index (χ1n) is 5.87. The third-order valence-corrected chi connectivity index (χ3v) is 3.22. The van der Waals surface area contributed by atoms with Gasteiger partial charge in [-0.2, -0.15) is 11.8 Å². The van der Waals surface area contributed by atoms with Gasteiger partial charge in [-0.15, -0.1) is 0 Å². The summed E-state index contributed by atoms with van der Waals surface area (Å²) < 4.78 is 0. The summed E-state index contributed by atoms with van der Waals surface area (Å²) in [6, 6.07) is 4.97. The Bertz CT molecular complexity index is 399. The first-order chi connectivity index (χ1) is 8.67. The molecule has 0 heterocycles. The molecular formula is C12H19N3O2S. The Balaban J connectivity index is 2.58. The summed E-state index contributed by atoms with van der Waals surface area (Å²) >= 11 is 1.83. The van der Waals surface area contributed by atoms with Gasteiger partial charge in [-0.1, -0.05) is 0 Å². The molecular weight excluding hydrogens is 250 g/mol. The highest BCUT2D eigenvalue weighted by atomic mass is 32.2. The predicted octanol–water partition coefficient (Wildman–Crippen LogP) is 3.19. The summed E-state index contributed by atoms with van der Waals surface area (Å²) in [5.41, 5.74) is 1.64. The number of rotatable bonds is 8. The smallest absolute Gasteiger partial charge is 0.273 e. The van der Waals surface area contributed by atoms with E-state index in [1.54, 1.807) is 13.1 Å². The van der Waals surface area contributed by atoms with Crippen molar-refractivity contribution in [1.82, 2.24) is 0 Å². The molecule has 0 aliphatic heterocycles. The molecule has 0 aliphatic carbocycles. The Hall–Kier alpha value is -1.43. The van der Waals surface area contributed by atoms with Crippen LogP contribution in [0, 0.1) is 10.1 Å². The van der Waals surface area contributed by atoms with Gasteiger partial charge in [0.15, 0.2) is 0 Å².